The number of likely N-dealkylation sites (N-methyl/N-ethyl adjacent to an activating group) is 1. The quantitative estimate of drug-likeness (QED) is 0.769. The van der Waals surface area contributed by atoms with Gasteiger partial charge in [-0.05, 0) is 44.3 Å². The average molecular weight is 395 g/mol. The second kappa shape index (κ2) is 9.68. The van der Waals surface area contributed by atoms with Crippen molar-refractivity contribution in [1.82, 2.24) is 9.80 Å². The molecule has 0 unspecified atom stereocenters. The number of aliphatic hydroxyl groups is 1. The Morgan fingerprint density at radius 1 is 1.37 bits per heavy atom. The number of rotatable bonds is 7. The molecular formula is C20H30N2O4S. The normalized spacial score (nSPS) is 26.6. The number of piperazine rings is 1. The summed E-state index contributed by atoms with van der Waals surface area (Å²) in [7, 11) is 2.07. The van der Waals surface area contributed by atoms with Gasteiger partial charge in [0.05, 0.1) is 0 Å². The zero-order chi connectivity index (χ0) is 19.2. The van der Waals surface area contributed by atoms with Crippen LogP contribution in [-0.2, 0) is 14.3 Å². The SMILES string of the molecule is CCO[C@@H]1OC(C(=O)N2CCN(C)CC2)=C[C@H](c2cccs2)[C@@H]1CCCO. The van der Waals surface area contributed by atoms with Gasteiger partial charge >= 0.3 is 0 Å². The molecular weight excluding hydrogens is 364 g/mol. The van der Waals surface area contributed by atoms with Gasteiger partial charge in [-0.25, -0.2) is 0 Å². The minimum absolute atomic E-state index is 0.0463. The van der Waals surface area contributed by atoms with Gasteiger partial charge in [0.2, 0.25) is 6.29 Å². The summed E-state index contributed by atoms with van der Waals surface area (Å²) in [5.74, 6) is 0.500. The second-order valence-electron chi connectivity index (χ2n) is 7.14. The Bertz CT molecular complexity index is 626. The highest BCUT2D eigenvalue weighted by Gasteiger charge is 2.39. The fourth-order valence-corrected chi connectivity index (χ4v) is 4.60. The molecule has 7 heteroatoms. The summed E-state index contributed by atoms with van der Waals surface area (Å²) in [6, 6.07) is 4.13. The summed E-state index contributed by atoms with van der Waals surface area (Å²) >= 11 is 1.69. The van der Waals surface area contributed by atoms with Crippen LogP contribution in [0.15, 0.2) is 29.3 Å². The Balaban J connectivity index is 1.85. The number of hydrogen-bond acceptors (Lipinski definition) is 6. The molecule has 3 atom stereocenters. The van der Waals surface area contributed by atoms with Crippen molar-refractivity contribution >= 4 is 17.2 Å². The lowest BCUT2D eigenvalue weighted by atomic mass is 9.84. The number of carbonyl (C=O) groups excluding carboxylic acids is 1. The van der Waals surface area contributed by atoms with Gasteiger partial charge in [-0.15, -0.1) is 11.3 Å². The summed E-state index contributed by atoms with van der Waals surface area (Å²) in [6.45, 7) is 5.78. The smallest absolute Gasteiger partial charge is 0.288 e. The first-order chi connectivity index (χ1) is 13.1. The molecule has 1 aromatic heterocycles. The molecule has 0 saturated carbocycles. The van der Waals surface area contributed by atoms with Crippen molar-refractivity contribution in [3.63, 3.8) is 0 Å². The van der Waals surface area contributed by atoms with E-state index in [2.05, 4.69) is 23.4 Å². The van der Waals surface area contributed by atoms with E-state index in [1.54, 1.807) is 11.3 Å². The van der Waals surface area contributed by atoms with Crippen molar-refractivity contribution in [2.45, 2.75) is 32.0 Å². The highest BCUT2D eigenvalue weighted by Crippen LogP contribution is 2.41. The standard InChI is InChI=1S/C20H30N2O4S/c1-3-25-20-15(6-4-12-23)16(18-7-5-13-27-18)14-17(26-20)19(24)22-10-8-21(2)9-11-22/h5,7,13-16,20,23H,3-4,6,8-12H2,1-2H3/t15-,16-,20+/m0/s1. The van der Waals surface area contributed by atoms with E-state index in [1.165, 1.54) is 4.88 Å². The van der Waals surface area contributed by atoms with Gasteiger partial charge in [-0.3, -0.25) is 4.79 Å². The zero-order valence-corrected chi connectivity index (χ0v) is 17.0. The molecule has 1 amide bonds. The van der Waals surface area contributed by atoms with E-state index in [4.69, 9.17) is 9.47 Å². The third-order valence-electron chi connectivity index (χ3n) is 5.28. The molecule has 0 aliphatic carbocycles. The molecule has 0 aromatic carbocycles. The first-order valence-electron chi connectivity index (χ1n) is 9.76. The Hall–Kier alpha value is -1.41. The van der Waals surface area contributed by atoms with E-state index in [0.717, 1.165) is 19.5 Å². The number of carbonyl (C=O) groups is 1. The van der Waals surface area contributed by atoms with Crippen LogP contribution in [0.25, 0.3) is 0 Å². The van der Waals surface area contributed by atoms with Crippen LogP contribution in [0.4, 0.5) is 0 Å². The van der Waals surface area contributed by atoms with Crippen LogP contribution < -0.4 is 0 Å². The fraction of sp³-hybridized carbons (Fsp3) is 0.650. The molecule has 3 heterocycles. The summed E-state index contributed by atoms with van der Waals surface area (Å²) < 4.78 is 12.0. The predicted molar refractivity (Wildman–Crippen MR) is 106 cm³/mol. The molecule has 2 aliphatic heterocycles. The maximum Gasteiger partial charge on any atom is 0.288 e. The number of amides is 1. The van der Waals surface area contributed by atoms with Crippen molar-refractivity contribution in [1.29, 1.82) is 0 Å². The third-order valence-corrected chi connectivity index (χ3v) is 6.26. The minimum Gasteiger partial charge on any atom is -0.459 e. The van der Waals surface area contributed by atoms with Gasteiger partial charge in [0, 0.05) is 56.1 Å². The highest BCUT2D eigenvalue weighted by molar-refractivity contribution is 7.10. The topological polar surface area (TPSA) is 62.2 Å². The maximum absolute atomic E-state index is 13.1. The number of aliphatic hydroxyl groups excluding tert-OH is 1. The monoisotopic (exact) mass is 394 g/mol. The van der Waals surface area contributed by atoms with Crippen LogP contribution in [0.3, 0.4) is 0 Å². The van der Waals surface area contributed by atoms with E-state index in [-0.39, 0.29) is 24.3 Å². The summed E-state index contributed by atoms with van der Waals surface area (Å²) in [4.78, 5) is 18.4. The van der Waals surface area contributed by atoms with E-state index >= 15 is 0 Å². The molecule has 0 radical (unpaired) electrons. The van der Waals surface area contributed by atoms with Crippen LogP contribution in [-0.4, -0.2) is 73.5 Å². The van der Waals surface area contributed by atoms with Gasteiger partial charge in [0.25, 0.3) is 5.91 Å². The molecule has 6 nitrogen and oxygen atoms in total. The van der Waals surface area contributed by atoms with Crippen LogP contribution >= 0.6 is 11.3 Å². The molecule has 1 N–H and O–H groups in total. The molecule has 27 heavy (non-hydrogen) atoms. The Morgan fingerprint density at radius 2 is 2.15 bits per heavy atom. The molecule has 150 valence electrons. The Kier molecular flexibility index (Phi) is 7.29. The van der Waals surface area contributed by atoms with Crippen LogP contribution in [0.1, 0.15) is 30.6 Å². The van der Waals surface area contributed by atoms with Crippen molar-refractivity contribution in [3.05, 3.63) is 34.2 Å². The largest absolute Gasteiger partial charge is 0.459 e. The fourth-order valence-electron chi connectivity index (χ4n) is 3.73. The first-order valence-corrected chi connectivity index (χ1v) is 10.6. The lowest BCUT2D eigenvalue weighted by molar-refractivity contribution is -0.170. The number of ether oxygens (including phenoxy) is 2. The van der Waals surface area contributed by atoms with Gasteiger partial charge in [-0.2, -0.15) is 0 Å². The third kappa shape index (κ3) is 4.90. The van der Waals surface area contributed by atoms with Crippen molar-refractivity contribution < 1.29 is 19.4 Å². The Morgan fingerprint density at radius 3 is 2.78 bits per heavy atom. The predicted octanol–water partition coefficient (Wildman–Crippen LogP) is 2.27. The molecule has 0 bridgehead atoms. The molecule has 1 saturated heterocycles. The van der Waals surface area contributed by atoms with Crippen LogP contribution in [0.2, 0.25) is 0 Å². The highest BCUT2D eigenvalue weighted by atomic mass is 32.1. The van der Waals surface area contributed by atoms with Crippen molar-refractivity contribution in [3.8, 4) is 0 Å². The molecule has 1 fully saturated rings. The van der Waals surface area contributed by atoms with Gasteiger partial charge < -0.3 is 24.4 Å². The lowest BCUT2D eigenvalue weighted by Crippen LogP contribution is -2.49. The Labute approximate surface area is 165 Å². The van der Waals surface area contributed by atoms with Crippen LogP contribution in [0.5, 0.6) is 0 Å². The second-order valence-corrected chi connectivity index (χ2v) is 8.12. The minimum atomic E-state index is -0.468. The number of allylic oxidation sites excluding steroid dienone is 1. The van der Waals surface area contributed by atoms with Gasteiger partial charge in [0.15, 0.2) is 5.76 Å². The van der Waals surface area contributed by atoms with Crippen molar-refractivity contribution in [2.24, 2.45) is 5.92 Å². The summed E-state index contributed by atoms with van der Waals surface area (Å²) in [5.41, 5.74) is 0. The lowest BCUT2D eigenvalue weighted by Gasteiger charge is -2.38. The maximum atomic E-state index is 13.1. The number of thiophene rings is 1. The number of nitrogens with zero attached hydrogens (tertiary/aromatic N) is 2. The number of hydrogen-bond donors (Lipinski definition) is 1. The summed E-state index contributed by atoms with van der Waals surface area (Å²) in [5, 5.41) is 11.4. The van der Waals surface area contributed by atoms with Gasteiger partial charge in [0.1, 0.15) is 0 Å². The summed E-state index contributed by atoms with van der Waals surface area (Å²) in [6.07, 6.45) is 2.99. The molecule has 1 aromatic rings. The van der Waals surface area contributed by atoms with Crippen LogP contribution in [0, 0.1) is 5.92 Å². The van der Waals surface area contributed by atoms with E-state index in [9.17, 15) is 9.90 Å². The van der Waals surface area contributed by atoms with E-state index in [1.807, 2.05) is 24.0 Å². The molecule has 3 rings (SSSR count). The van der Waals surface area contributed by atoms with E-state index in [0.29, 0.717) is 31.9 Å². The molecule has 2 aliphatic rings. The molecule has 0 spiro atoms. The van der Waals surface area contributed by atoms with Gasteiger partial charge in [-0.1, -0.05) is 6.07 Å². The zero-order valence-electron chi connectivity index (χ0n) is 16.2. The van der Waals surface area contributed by atoms with E-state index < -0.39 is 6.29 Å². The van der Waals surface area contributed by atoms with Crippen molar-refractivity contribution in [2.75, 3.05) is 46.4 Å². The average Bonchev–Trinajstić information content (AvgIpc) is 3.21. The first kappa shape index (κ1) is 20.3.